The van der Waals surface area contributed by atoms with Gasteiger partial charge in [-0.05, 0) is 31.7 Å². The Morgan fingerprint density at radius 2 is 1.83 bits per heavy atom. The molecule has 218 valence electrons. The predicted octanol–water partition coefficient (Wildman–Crippen LogP) is 1.47. The highest BCUT2D eigenvalue weighted by molar-refractivity contribution is 7.89. The molecular formula is C27H34N8O5S. The van der Waals surface area contributed by atoms with Crippen LogP contribution in [0.2, 0.25) is 0 Å². The van der Waals surface area contributed by atoms with Crippen LogP contribution >= 0.6 is 0 Å². The SMILES string of the molecule is CCN1CCN(S(=O)(=O)c2cnc(OCCOC)c(-c3nc4cn(Cc5ccccn5)nc4c(=O)n3CC)c2)CC1. The van der Waals surface area contributed by atoms with Crippen LogP contribution in [0, 0.1) is 0 Å². The van der Waals surface area contributed by atoms with Gasteiger partial charge in [0.15, 0.2) is 5.52 Å². The number of aromatic nitrogens is 6. The van der Waals surface area contributed by atoms with Crippen molar-refractivity contribution in [2.24, 2.45) is 0 Å². The number of rotatable bonds is 11. The highest BCUT2D eigenvalue weighted by Gasteiger charge is 2.30. The maximum Gasteiger partial charge on any atom is 0.282 e. The second-order valence-corrected chi connectivity index (χ2v) is 11.5. The molecule has 0 aliphatic carbocycles. The molecule has 0 saturated carbocycles. The van der Waals surface area contributed by atoms with E-state index in [4.69, 9.17) is 14.5 Å². The van der Waals surface area contributed by atoms with Crippen molar-refractivity contribution >= 4 is 21.1 Å². The summed E-state index contributed by atoms with van der Waals surface area (Å²) in [6, 6.07) is 7.08. The Bertz CT molecular complexity index is 1660. The molecule has 1 saturated heterocycles. The van der Waals surface area contributed by atoms with Crippen LogP contribution in [0.4, 0.5) is 0 Å². The van der Waals surface area contributed by atoms with Crippen LogP contribution in [0.15, 0.2) is 52.5 Å². The zero-order valence-corrected chi connectivity index (χ0v) is 24.2. The molecule has 0 N–H and O–H groups in total. The van der Waals surface area contributed by atoms with Gasteiger partial charge >= 0.3 is 0 Å². The normalized spacial score (nSPS) is 15.0. The molecule has 0 spiro atoms. The first-order valence-electron chi connectivity index (χ1n) is 13.6. The fourth-order valence-electron chi connectivity index (χ4n) is 4.79. The summed E-state index contributed by atoms with van der Waals surface area (Å²) >= 11 is 0. The number of piperazine rings is 1. The van der Waals surface area contributed by atoms with Gasteiger partial charge < -0.3 is 14.4 Å². The number of sulfonamides is 1. The van der Waals surface area contributed by atoms with Gasteiger partial charge in [0.25, 0.3) is 5.56 Å². The lowest BCUT2D eigenvalue weighted by atomic mass is 10.2. The minimum absolute atomic E-state index is 0.0133. The Morgan fingerprint density at radius 1 is 1.02 bits per heavy atom. The molecule has 0 unspecified atom stereocenters. The largest absolute Gasteiger partial charge is 0.475 e. The maximum atomic E-state index is 13.6. The van der Waals surface area contributed by atoms with Crippen molar-refractivity contribution in [2.75, 3.05) is 53.0 Å². The van der Waals surface area contributed by atoms with E-state index in [1.54, 1.807) is 24.2 Å². The van der Waals surface area contributed by atoms with Crippen LogP contribution in [0.5, 0.6) is 5.88 Å². The summed E-state index contributed by atoms with van der Waals surface area (Å²) < 4.78 is 42.8. The van der Waals surface area contributed by atoms with E-state index in [1.807, 2.05) is 25.1 Å². The van der Waals surface area contributed by atoms with Crippen molar-refractivity contribution in [1.82, 2.24) is 38.5 Å². The summed E-state index contributed by atoms with van der Waals surface area (Å²) in [6.07, 6.45) is 4.68. The standard InChI is InChI=1S/C27H34N8O5S/c1-4-32-10-12-34(13-11-32)41(37,38)21-16-22(26(29-17-21)40-15-14-39-3)25-30-23-19-33(18-20-8-6-7-9-28-20)31-24(23)27(36)35(25)5-2/h6-9,16-17,19H,4-5,10-15,18H2,1-3H3. The number of likely N-dealkylation sites (N-methyl/N-ethyl adjacent to an activating group) is 1. The lowest BCUT2D eigenvalue weighted by molar-refractivity contribution is 0.144. The summed E-state index contributed by atoms with van der Waals surface area (Å²) in [6.45, 7) is 7.95. The zero-order valence-electron chi connectivity index (χ0n) is 23.4. The molecule has 4 aromatic heterocycles. The van der Waals surface area contributed by atoms with E-state index in [0.717, 1.165) is 12.2 Å². The topological polar surface area (TPSA) is 138 Å². The molecule has 4 aromatic rings. The van der Waals surface area contributed by atoms with Crippen molar-refractivity contribution in [2.45, 2.75) is 31.8 Å². The number of ether oxygens (including phenoxy) is 2. The van der Waals surface area contributed by atoms with Crippen molar-refractivity contribution in [3.8, 4) is 17.3 Å². The highest BCUT2D eigenvalue weighted by Crippen LogP contribution is 2.31. The van der Waals surface area contributed by atoms with E-state index in [2.05, 4.69) is 26.9 Å². The first kappa shape index (κ1) is 28.8. The molecule has 5 rings (SSSR count). The van der Waals surface area contributed by atoms with E-state index in [0.29, 0.717) is 50.4 Å². The van der Waals surface area contributed by atoms with Crippen molar-refractivity contribution in [3.63, 3.8) is 0 Å². The average Bonchev–Trinajstić information content (AvgIpc) is 3.40. The van der Waals surface area contributed by atoms with Crippen molar-refractivity contribution in [3.05, 3.63) is 58.9 Å². The van der Waals surface area contributed by atoms with Crippen molar-refractivity contribution in [1.29, 1.82) is 0 Å². The van der Waals surface area contributed by atoms with Gasteiger partial charge in [0.1, 0.15) is 22.8 Å². The number of methoxy groups -OCH3 is 1. The van der Waals surface area contributed by atoms with Gasteiger partial charge in [-0.3, -0.25) is 19.0 Å². The molecule has 1 aliphatic heterocycles. The maximum absolute atomic E-state index is 13.6. The molecule has 0 atom stereocenters. The molecule has 14 heteroatoms. The Balaban J connectivity index is 1.59. The Morgan fingerprint density at radius 3 is 2.51 bits per heavy atom. The fourth-order valence-corrected chi connectivity index (χ4v) is 6.18. The third-order valence-corrected chi connectivity index (χ3v) is 8.91. The van der Waals surface area contributed by atoms with Crippen LogP contribution in [0.25, 0.3) is 22.4 Å². The molecule has 0 aromatic carbocycles. The minimum atomic E-state index is -3.84. The lowest BCUT2D eigenvalue weighted by Crippen LogP contribution is -2.48. The van der Waals surface area contributed by atoms with Crippen LogP contribution < -0.4 is 10.3 Å². The number of hydrogen-bond acceptors (Lipinski definition) is 10. The first-order valence-corrected chi connectivity index (χ1v) is 15.0. The third-order valence-electron chi connectivity index (χ3n) is 7.05. The molecule has 0 radical (unpaired) electrons. The summed E-state index contributed by atoms with van der Waals surface area (Å²) in [4.78, 5) is 29.3. The highest BCUT2D eigenvalue weighted by atomic mass is 32.2. The second-order valence-electron chi connectivity index (χ2n) is 9.57. The fraction of sp³-hybridized carbons (Fsp3) is 0.444. The van der Waals surface area contributed by atoms with Gasteiger partial charge in [-0.1, -0.05) is 13.0 Å². The molecule has 1 aliphatic rings. The van der Waals surface area contributed by atoms with Gasteiger partial charge in [-0.25, -0.2) is 18.4 Å². The van der Waals surface area contributed by atoms with Crippen LogP contribution in [-0.4, -0.2) is 100.0 Å². The zero-order chi connectivity index (χ0) is 29.0. The quantitative estimate of drug-likeness (QED) is 0.239. The van der Waals surface area contributed by atoms with Crippen LogP contribution in [0.3, 0.4) is 0 Å². The summed E-state index contributed by atoms with van der Waals surface area (Å²) in [5, 5.41) is 4.48. The molecule has 41 heavy (non-hydrogen) atoms. The minimum Gasteiger partial charge on any atom is -0.475 e. The smallest absolute Gasteiger partial charge is 0.282 e. The molecular weight excluding hydrogens is 548 g/mol. The molecule has 13 nitrogen and oxygen atoms in total. The number of pyridine rings is 2. The van der Waals surface area contributed by atoms with Gasteiger partial charge in [-0.2, -0.15) is 9.40 Å². The average molecular weight is 583 g/mol. The van der Waals surface area contributed by atoms with E-state index in [9.17, 15) is 13.2 Å². The van der Waals surface area contributed by atoms with E-state index in [1.165, 1.54) is 21.1 Å². The Hall–Kier alpha value is -3.72. The molecule has 0 bridgehead atoms. The van der Waals surface area contributed by atoms with Gasteiger partial charge in [0.2, 0.25) is 15.9 Å². The Labute approximate surface area is 238 Å². The Kier molecular flexibility index (Phi) is 8.73. The molecule has 5 heterocycles. The van der Waals surface area contributed by atoms with Crippen molar-refractivity contribution < 1.29 is 17.9 Å². The number of hydrogen-bond donors (Lipinski definition) is 0. The predicted molar refractivity (Wildman–Crippen MR) is 152 cm³/mol. The van der Waals surface area contributed by atoms with Crippen LogP contribution in [-0.2, 0) is 27.8 Å². The number of nitrogens with zero attached hydrogens (tertiary/aromatic N) is 8. The summed E-state index contributed by atoms with van der Waals surface area (Å²) in [5.74, 6) is 0.404. The monoisotopic (exact) mass is 582 g/mol. The van der Waals surface area contributed by atoms with Crippen LogP contribution in [0.1, 0.15) is 19.5 Å². The molecule has 1 fully saturated rings. The van der Waals surface area contributed by atoms with E-state index >= 15 is 0 Å². The second kappa shape index (κ2) is 12.4. The molecule has 0 amide bonds. The first-order chi connectivity index (χ1) is 19.8. The number of fused-ring (bicyclic) bond motifs is 1. The van der Waals surface area contributed by atoms with E-state index < -0.39 is 10.0 Å². The van der Waals surface area contributed by atoms with Gasteiger partial charge in [0.05, 0.1) is 36.8 Å². The summed E-state index contributed by atoms with van der Waals surface area (Å²) in [7, 11) is -2.29. The van der Waals surface area contributed by atoms with Gasteiger partial charge in [-0.15, -0.1) is 0 Å². The lowest BCUT2D eigenvalue weighted by Gasteiger charge is -2.33. The third kappa shape index (κ3) is 6.00. The van der Waals surface area contributed by atoms with E-state index in [-0.39, 0.29) is 40.8 Å². The van der Waals surface area contributed by atoms with Gasteiger partial charge in [0, 0.05) is 46.0 Å². The summed E-state index contributed by atoms with van der Waals surface area (Å²) in [5.41, 5.74) is 1.31.